The molecule has 0 N–H and O–H groups in total. The van der Waals surface area contributed by atoms with Crippen molar-refractivity contribution < 1.29 is 39.6 Å². The van der Waals surface area contributed by atoms with Crippen molar-refractivity contribution >= 4 is 26.7 Å². The fourth-order valence-corrected chi connectivity index (χ4v) is 3.16. The summed E-state index contributed by atoms with van der Waals surface area (Å²) >= 11 is 5.00. The summed E-state index contributed by atoms with van der Waals surface area (Å²) in [6, 6.07) is 0. The Morgan fingerprint density at radius 2 is 1.67 bits per heavy atom. The van der Waals surface area contributed by atoms with Crippen LogP contribution >= 0.6 is 11.8 Å². The molecule has 0 saturated heterocycles. The molecule has 1 aliphatic heterocycles. The average molecular weight is 401 g/mol. The van der Waals surface area contributed by atoms with Gasteiger partial charge in [0.15, 0.2) is 23.2 Å². The molecule has 0 amide bonds. The van der Waals surface area contributed by atoms with Gasteiger partial charge in [0.1, 0.15) is 0 Å². The number of rotatable bonds is 2. The van der Waals surface area contributed by atoms with Crippen LogP contribution in [0.2, 0.25) is 0 Å². The molecule has 1 aromatic rings. The number of sulfone groups is 1. The quantitative estimate of drug-likeness (QED) is 0.711. The molecule has 0 aromatic carbocycles. The molecule has 1 aromatic heterocycles. The van der Waals surface area contributed by atoms with Crippen molar-refractivity contribution in [1.82, 2.24) is 14.5 Å². The smallest absolute Gasteiger partial charge is 0.385 e. The van der Waals surface area contributed by atoms with E-state index in [1.165, 1.54) is 0 Å². The number of oxime groups is 1. The van der Waals surface area contributed by atoms with Crippen molar-refractivity contribution in [2.24, 2.45) is 5.16 Å². The Kier molecular flexibility index (Phi) is 4.07. The zero-order valence-electron chi connectivity index (χ0n) is 11.6. The molecule has 7 nitrogen and oxygen atoms in total. The zero-order valence-corrected chi connectivity index (χ0v) is 13.2. The van der Waals surface area contributed by atoms with Crippen molar-refractivity contribution in [1.29, 1.82) is 0 Å². The second-order valence-corrected chi connectivity index (χ2v) is 7.38. The van der Waals surface area contributed by atoms with Crippen LogP contribution in [0.3, 0.4) is 0 Å². The molecule has 1 atom stereocenters. The van der Waals surface area contributed by atoms with Crippen LogP contribution in [0.15, 0.2) is 5.16 Å². The van der Waals surface area contributed by atoms with Crippen molar-refractivity contribution in [3.8, 4) is 0 Å². The largest absolute Gasteiger partial charge is 0.437 e. The van der Waals surface area contributed by atoms with E-state index in [4.69, 9.17) is 11.8 Å². The third-order valence-corrected chi connectivity index (χ3v) is 4.80. The van der Waals surface area contributed by atoms with Crippen LogP contribution in [0.4, 0.5) is 26.3 Å². The average Bonchev–Trinajstić information content (AvgIpc) is 2.91. The lowest BCUT2D eigenvalue weighted by atomic mass is 10.1. The van der Waals surface area contributed by atoms with Gasteiger partial charge in [0.2, 0.25) is 5.04 Å². The summed E-state index contributed by atoms with van der Waals surface area (Å²) in [6.45, 7) is 2.02. The fraction of sp³-hybridized carbons (Fsp3) is 0.667. The minimum Gasteiger partial charge on any atom is -0.385 e. The maximum atomic E-state index is 14.2. The summed E-state index contributed by atoms with van der Waals surface area (Å²) in [5.74, 6) is 0. The van der Waals surface area contributed by atoms with Gasteiger partial charge in [0.25, 0.3) is 9.84 Å². The lowest BCUT2D eigenvalue weighted by molar-refractivity contribution is -0.143. The maximum absolute atomic E-state index is 14.2. The van der Waals surface area contributed by atoms with Crippen LogP contribution in [-0.4, -0.2) is 39.7 Å². The van der Waals surface area contributed by atoms with E-state index in [2.05, 4.69) is 20.2 Å². The molecular formula is C9H7ClF6N4O3S. The van der Waals surface area contributed by atoms with E-state index in [-0.39, 0.29) is 0 Å². The molecule has 0 bridgehead atoms. The predicted molar refractivity (Wildman–Crippen MR) is 66.6 cm³/mol. The summed E-state index contributed by atoms with van der Waals surface area (Å²) in [6.07, 6.45) is -8.11. The Balaban J connectivity index is 2.60. The standard InChI is InChI=1S/C9H7ClF6N4O3S/c1-7(2)3(11)6(19-23-7)24(21,22)9(15,16)5-4(8(12,13)14)17-20(10)18-5/h3H,1-2H3. The minimum absolute atomic E-state index is 0.397. The third kappa shape index (κ3) is 2.70. The van der Waals surface area contributed by atoms with E-state index in [0.29, 0.717) is 0 Å². The van der Waals surface area contributed by atoms with Gasteiger partial charge in [-0.15, -0.1) is 10.2 Å². The minimum atomic E-state index is -6.04. The molecule has 24 heavy (non-hydrogen) atoms. The van der Waals surface area contributed by atoms with E-state index < -0.39 is 53.8 Å². The molecule has 0 fully saturated rings. The van der Waals surface area contributed by atoms with Crippen LogP contribution < -0.4 is 0 Å². The van der Waals surface area contributed by atoms with Crippen LogP contribution in [0.25, 0.3) is 0 Å². The Morgan fingerprint density at radius 1 is 1.17 bits per heavy atom. The van der Waals surface area contributed by atoms with E-state index in [1.54, 1.807) is 0 Å². The van der Waals surface area contributed by atoms with Crippen molar-refractivity contribution in [2.75, 3.05) is 0 Å². The van der Waals surface area contributed by atoms with E-state index in [9.17, 15) is 34.8 Å². The molecule has 0 spiro atoms. The van der Waals surface area contributed by atoms with Gasteiger partial charge in [-0.2, -0.15) is 22.0 Å². The lowest BCUT2D eigenvalue weighted by Gasteiger charge is -2.20. The predicted octanol–water partition coefficient (Wildman–Crippen LogP) is 2.22. The van der Waals surface area contributed by atoms with Crippen LogP contribution in [0.5, 0.6) is 0 Å². The van der Waals surface area contributed by atoms with Gasteiger partial charge in [-0.1, -0.05) is 9.47 Å². The Morgan fingerprint density at radius 3 is 2.08 bits per heavy atom. The van der Waals surface area contributed by atoms with Crippen molar-refractivity contribution in [2.45, 2.75) is 37.1 Å². The highest BCUT2D eigenvalue weighted by molar-refractivity contribution is 8.07. The Hall–Kier alpha value is -1.57. The molecule has 2 heterocycles. The van der Waals surface area contributed by atoms with Crippen molar-refractivity contribution in [3.05, 3.63) is 11.4 Å². The number of aromatic nitrogens is 3. The summed E-state index contributed by atoms with van der Waals surface area (Å²) in [5.41, 5.74) is -6.53. The number of halogens is 7. The van der Waals surface area contributed by atoms with Crippen LogP contribution in [0.1, 0.15) is 25.2 Å². The van der Waals surface area contributed by atoms with Gasteiger partial charge in [0, 0.05) is 0 Å². The van der Waals surface area contributed by atoms with E-state index >= 15 is 0 Å². The second kappa shape index (κ2) is 5.21. The highest BCUT2D eigenvalue weighted by atomic mass is 35.5. The summed E-state index contributed by atoms with van der Waals surface area (Å²) in [4.78, 5) is 4.40. The van der Waals surface area contributed by atoms with Gasteiger partial charge < -0.3 is 4.84 Å². The molecule has 136 valence electrons. The maximum Gasteiger partial charge on any atom is 0.437 e. The van der Waals surface area contributed by atoms with Gasteiger partial charge in [-0.3, -0.25) is 0 Å². The molecule has 1 aliphatic rings. The lowest BCUT2D eigenvalue weighted by Crippen LogP contribution is -2.43. The molecule has 2 rings (SSSR count). The first-order valence-corrected chi connectivity index (χ1v) is 7.68. The number of hydrogen-bond donors (Lipinski definition) is 0. The first kappa shape index (κ1) is 18.8. The molecular weight excluding hydrogens is 394 g/mol. The highest BCUT2D eigenvalue weighted by Crippen LogP contribution is 2.43. The summed E-state index contributed by atoms with van der Waals surface area (Å²) < 4.78 is 104. The number of hydrogen-bond acceptors (Lipinski definition) is 6. The highest BCUT2D eigenvalue weighted by Gasteiger charge is 2.62. The second-order valence-electron chi connectivity index (χ2n) is 5.14. The molecule has 1 unspecified atom stereocenters. The molecule has 0 aliphatic carbocycles. The van der Waals surface area contributed by atoms with Crippen LogP contribution in [-0.2, 0) is 26.1 Å². The van der Waals surface area contributed by atoms with E-state index in [1.807, 2.05) is 0 Å². The van der Waals surface area contributed by atoms with Crippen LogP contribution in [0, 0.1) is 0 Å². The normalized spacial score (nSPS) is 21.5. The molecule has 0 radical (unpaired) electrons. The van der Waals surface area contributed by atoms with Crippen molar-refractivity contribution in [3.63, 3.8) is 0 Å². The third-order valence-electron chi connectivity index (χ3n) is 2.94. The number of alkyl halides is 6. The Labute approximate surface area is 135 Å². The fourth-order valence-electron chi connectivity index (χ4n) is 1.67. The number of nitrogens with zero attached hydrogens (tertiary/aromatic N) is 4. The van der Waals surface area contributed by atoms with Gasteiger partial charge in [-0.25, -0.2) is 12.8 Å². The summed E-state index contributed by atoms with van der Waals surface area (Å²) in [5, 5.41) is 0.698. The monoisotopic (exact) mass is 400 g/mol. The molecule has 15 heteroatoms. The molecule has 0 saturated carbocycles. The summed E-state index contributed by atoms with van der Waals surface area (Å²) in [7, 11) is -6.04. The van der Waals surface area contributed by atoms with Gasteiger partial charge in [-0.05, 0) is 13.8 Å². The van der Waals surface area contributed by atoms with E-state index in [0.717, 1.165) is 13.8 Å². The zero-order chi connectivity index (χ0) is 18.7. The Bertz CT molecular complexity index is 803. The first-order chi connectivity index (χ1) is 10.6. The van der Waals surface area contributed by atoms with Gasteiger partial charge in [0.05, 0.1) is 11.8 Å². The van der Waals surface area contributed by atoms with Gasteiger partial charge >= 0.3 is 11.4 Å². The topological polar surface area (TPSA) is 86.4 Å². The SMILES string of the molecule is CC1(C)ON=C(S(=O)(=O)C(F)(F)c2nn(Cl)nc2C(F)(F)F)C1F. The first-order valence-electron chi connectivity index (χ1n) is 5.86.